The minimum absolute atomic E-state index is 0. The smallest absolute Gasteiger partial charge is 0.240 e. The van der Waals surface area contributed by atoms with E-state index in [-0.39, 0.29) is 46.9 Å². The van der Waals surface area contributed by atoms with Gasteiger partial charge >= 0.3 is 0 Å². The zero-order valence-corrected chi connectivity index (χ0v) is 15.9. The SMILES string of the molecule is Br.CC1(C)N=C(N)N=C(N)N1OCCNS(=O)(=O)c1ccccc1. The molecule has 1 heterocycles. The zero-order valence-electron chi connectivity index (χ0n) is 13.3. The lowest BCUT2D eigenvalue weighted by Gasteiger charge is -2.36. The lowest BCUT2D eigenvalue weighted by Crippen LogP contribution is -2.54. The van der Waals surface area contributed by atoms with Gasteiger partial charge in [-0.2, -0.15) is 10.1 Å². The second kappa shape index (κ2) is 7.92. The molecular formula is C13H21BrN6O3S. The average molecular weight is 421 g/mol. The fraction of sp³-hybridized carbons (Fsp3) is 0.385. The fourth-order valence-electron chi connectivity index (χ4n) is 2.01. The van der Waals surface area contributed by atoms with Crippen molar-refractivity contribution in [2.24, 2.45) is 21.5 Å². The van der Waals surface area contributed by atoms with Gasteiger partial charge in [-0.25, -0.2) is 18.1 Å². The number of aliphatic imine (C=N–C) groups is 2. The molecule has 11 heteroatoms. The molecule has 0 radical (unpaired) electrons. The number of benzene rings is 1. The number of rotatable bonds is 6. The molecule has 1 aromatic carbocycles. The van der Waals surface area contributed by atoms with Gasteiger partial charge in [0, 0.05) is 6.54 Å². The van der Waals surface area contributed by atoms with Crippen molar-refractivity contribution in [2.45, 2.75) is 24.4 Å². The second-order valence-electron chi connectivity index (χ2n) is 5.27. The summed E-state index contributed by atoms with van der Waals surface area (Å²) in [6, 6.07) is 8.08. The minimum atomic E-state index is -3.57. The van der Waals surface area contributed by atoms with Gasteiger partial charge < -0.3 is 11.5 Å². The first kappa shape index (κ1) is 20.4. The molecule has 0 saturated heterocycles. The van der Waals surface area contributed by atoms with E-state index in [4.69, 9.17) is 16.3 Å². The number of guanidine groups is 2. The highest BCUT2D eigenvalue weighted by atomic mass is 79.9. The monoisotopic (exact) mass is 420 g/mol. The van der Waals surface area contributed by atoms with Gasteiger partial charge in [-0.1, -0.05) is 18.2 Å². The van der Waals surface area contributed by atoms with E-state index in [0.717, 1.165) is 0 Å². The molecule has 134 valence electrons. The van der Waals surface area contributed by atoms with Crippen molar-refractivity contribution >= 4 is 38.9 Å². The van der Waals surface area contributed by atoms with Crippen LogP contribution in [0, 0.1) is 0 Å². The molecule has 1 aliphatic rings. The molecule has 9 nitrogen and oxygen atoms in total. The lowest BCUT2D eigenvalue weighted by atomic mass is 10.2. The third-order valence-electron chi connectivity index (χ3n) is 2.99. The average Bonchev–Trinajstić information content (AvgIpc) is 2.45. The Balaban J connectivity index is 0.00000288. The van der Waals surface area contributed by atoms with Gasteiger partial charge in [-0.15, -0.1) is 17.0 Å². The van der Waals surface area contributed by atoms with E-state index >= 15 is 0 Å². The summed E-state index contributed by atoms with van der Waals surface area (Å²) in [7, 11) is -3.57. The van der Waals surface area contributed by atoms with Crippen molar-refractivity contribution < 1.29 is 13.3 Å². The molecule has 0 saturated carbocycles. The molecule has 0 amide bonds. The third kappa shape index (κ3) is 4.90. The molecule has 0 aromatic heterocycles. The molecule has 0 atom stereocenters. The van der Waals surface area contributed by atoms with Crippen LogP contribution in [0.25, 0.3) is 0 Å². The first-order chi connectivity index (χ1) is 10.7. The number of nitrogens with zero attached hydrogens (tertiary/aromatic N) is 3. The van der Waals surface area contributed by atoms with Crippen LogP contribution in [-0.4, -0.2) is 44.2 Å². The number of hydroxylamine groups is 2. The van der Waals surface area contributed by atoms with Crippen LogP contribution < -0.4 is 16.2 Å². The van der Waals surface area contributed by atoms with Crippen molar-refractivity contribution in [1.29, 1.82) is 0 Å². The van der Waals surface area contributed by atoms with E-state index in [2.05, 4.69) is 14.7 Å². The van der Waals surface area contributed by atoms with E-state index in [0.29, 0.717) is 0 Å². The summed E-state index contributed by atoms with van der Waals surface area (Å²) in [4.78, 5) is 13.6. The van der Waals surface area contributed by atoms with Crippen LogP contribution in [-0.2, 0) is 14.9 Å². The van der Waals surface area contributed by atoms with Crippen LogP contribution in [0.2, 0.25) is 0 Å². The Bertz CT molecular complexity index is 720. The van der Waals surface area contributed by atoms with Crippen molar-refractivity contribution in [2.75, 3.05) is 13.2 Å². The van der Waals surface area contributed by atoms with Crippen LogP contribution in [0.3, 0.4) is 0 Å². The molecule has 24 heavy (non-hydrogen) atoms. The topological polar surface area (TPSA) is 135 Å². The Morgan fingerprint density at radius 3 is 2.46 bits per heavy atom. The van der Waals surface area contributed by atoms with E-state index in [1.165, 1.54) is 17.2 Å². The van der Waals surface area contributed by atoms with Crippen LogP contribution in [0.15, 0.2) is 45.2 Å². The van der Waals surface area contributed by atoms with Crippen molar-refractivity contribution in [1.82, 2.24) is 9.79 Å². The number of sulfonamides is 1. The largest absolute Gasteiger partial charge is 0.368 e. The van der Waals surface area contributed by atoms with Gasteiger partial charge in [0.2, 0.25) is 21.9 Å². The summed E-state index contributed by atoms with van der Waals surface area (Å²) in [5.41, 5.74) is 10.5. The van der Waals surface area contributed by atoms with Gasteiger partial charge in [-0.05, 0) is 26.0 Å². The molecule has 0 spiro atoms. The van der Waals surface area contributed by atoms with Gasteiger partial charge in [0.1, 0.15) is 0 Å². The molecule has 1 aromatic rings. The lowest BCUT2D eigenvalue weighted by molar-refractivity contribution is -0.154. The molecule has 2 rings (SSSR count). The third-order valence-corrected chi connectivity index (χ3v) is 4.47. The highest BCUT2D eigenvalue weighted by Gasteiger charge is 2.33. The number of hydrogen-bond acceptors (Lipinski definition) is 8. The van der Waals surface area contributed by atoms with Gasteiger partial charge in [-0.3, -0.25) is 4.84 Å². The maximum absolute atomic E-state index is 12.1. The predicted molar refractivity (Wildman–Crippen MR) is 97.1 cm³/mol. The Morgan fingerprint density at radius 1 is 1.25 bits per heavy atom. The molecule has 0 aliphatic carbocycles. The van der Waals surface area contributed by atoms with Gasteiger partial charge in [0.15, 0.2) is 5.66 Å². The number of halogens is 1. The van der Waals surface area contributed by atoms with Crippen LogP contribution in [0.4, 0.5) is 0 Å². The molecule has 5 N–H and O–H groups in total. The first-order valence-corrected chi connectivity index (χ1v) is 8.38. The summed E-state index contributed by atoms with van der Waals surface area (Å²) >= 11 is 0. The van der Waals surface area contributed by atoms with Crippen molar-refractivity contribution in [3.8, 4) is 0 Å². The van der Waals surface area contributed by atoms with E-state index in [1.807, 2.05) is 0 Å². The summed E-state index contributed by atoms with van der Waals surface area (Å²) < 4.78 is 26.5. The van der Waals surface area contributed by atoms with E-state index in [1.54, 1.807) is 32.0 Å². The second-order valence-corrected chi connectivity index (χ2v) is 7.04. The first-order valence-electron chi connectivity index (χ1n) is 6.90. The maximum atomic E-state index is 12.1. The standard InChI is InChI=1S/C13H20N6O3S.BrH/c1-13(2)18-11(14)17-12(15)19(13)22-9-8-16-23(20,21)10-6-4-3-5-7-10;/h3-7,16H,8-9H2,1-2H3,(H4,14,15,17,18);1H. The van der Waals surface area contributed by atoms with E-state index in [9.17, 15) is 8.42 Å². The normalized spacial score (nSPS) is 16.8. The van der Waals surface area contributed by atoms with Crippen molar-refractivity contribution in [3.05, 3.63) is 30.3 Å². The Morgan fingerprint density at radius 2 is 1.88 bits per heavy atom. The molecule has 1 aliphatic heterocycles. The van der Waals surface area contributed by atoms with Gasteiger partial charge in [0.25, 0.3) is 0 Å². The maximum Gasteiger partial charge on any atom is 0.240 e. The Kier molecular flexibility index (Phi) is 6.72. The summed E-state index contributed by atoms with van der Waals surface area (Å²) in [6.45, 7) is 3.61. The van der Waals surface area contributed by atoms with Gasteiger partial charge in [0.05, 0.1) is 11.5 Å². The Labute approximate surface area is 151 Å². The van der Waals surface area contributed by atoms with Crippen LogP contribution >= 0.6 is 17.0 Å². The molecular weight excluding hydrogens is 400 g/mol. The Hall–Kier alpha value is -1.69. The number of nitrogens with one attached hydrogen (secondary N) is 1. The highest BCUT2D eigenvalue weighted by molar-refractivity contribution is 8.93. The zero-order chi connectivity index (χ0) is 17.1. The van der Waals surface area contributed by atoms with Crippen molar-refractivity contribution in [3.63, 3.8) is 0 Å². The predicted octanol–water partition coefficient (Wildman–Crippen LogP) is 0.156. The summed E-state index contributed by atoms with van der Waals surface area (Å²) in [5, 5.41) is 1.29. The fourth-order valence-corrected chi connectivity index (χ4v) is 3.05. The summed E-state index contributed by atoms with van der Waals surface area (Å²) in [6.07, 6.45) is 0. The molecule has 0 bridgehead atoms. The summed E-state index contributed by atoms with van der Waals surface area (Å²) in [5.74, 6) is 0.130. The minimum Gasteiger partial charge on any atom is -0.368 e. The van der Waals surface area contributed by atoms with E-state index < -0.39 is 15.7 Å². The molecule has 0 unspecified atom stereocenters. The van der Waals surface area contributed by atoms with Crippen LogP contribution in [0.1, 0.15) is 13.8 Å². The number of nitrogens with two attached hydrogens (primary N) is 2. The molecule has 0 fully saturated rings. The number of hydrogen-bond donors (Lipinski definition) is 3. The van der Waals surface area contributed by atoms with Crippen LogP contribution in [0.5, 0.6) is 0 Å². The highest BCUT2D eigenvalue weighted by Crippen LogP contribution is 2.19. The quantitative estimate of drug-likeness (QED) is 0.560.